The summed E-state index contributed by atoms with van der Waals surface area (Å²) in [5, 5.41) is 10.4. The van der Waals surface area contributed by atoms with E-state index in [1.54, 1.807) is 11.3 Å². The Hall–Kier alpha value is -0.430. The molecule has 0 amide bonds. The summed E-state index contributed by atoms with van der Waals surface area (Å²) >= 11 is 1.72. The van der Waals surface area contributed by atoms with E-state index in [1.807, 2.05) is 6.07 Å². The van der Waals surface area contributed by atoms with Crippen LogP contribution < -0.4 is 10.5 Å². The molecule has 0 aliphatic heterocycles. The quantitative estimate of drug-likeness (QED) is 0.745. The minimum atomic E-state index is -3.33. The normalized spacial score (nSPS) is 14.1. The number of rotatable bonds is 7. The van der Waals surface area contributed by atoms with E-state index in [9.17, 15) is 8.42 Å². The molecule has 0 bridgehead atoms. The fourth-order valence-corrected chi connectivity index (χ4v) is 3.18. The van der Waals surface area contributed by atoms with Crippen LogP contribution in [0.4, 0.5) is 0 Å². The van der Waals surface area contributed by atoms with Crippen LogP contribution in [-0.2, 0) is 10.0 Å². The van der Waals surface area contributed by atoms with Crippen molar-refractivity contribution in [1.82, 2.24) is 5.32 Å². The van der Waals surface area contributed by atoms with Crippen LogP contribution in [0.25, 0.3) is 0 Å². The largest absolute Gasteiger partial charge is 0.309 e. The molecular formula is C11H20N2O2S2. The number of nitrogens with two attached hydrogens (primary N) is 1. The van der Waals surface area contributed by atoms with Gasteiger partial charge in [-0.1, -0.05) is 19.9 Å². The van der Waals surface area contributed by atoms with Gasteiger partial charge >= 0.3 is 0 Å². The van der Waals surface area contributed by atoms with E-state index in [2.05, 4.69) is 30.6 Å². The summed E-state index contributed by atoms with van der Waals surface area (Å²) in [6.07, 6.45) is 0.549. The smallest absolute Gasteiger partial charge is 0.209 e. The molecule has 17 heavy (non-hydrogen) atoms. The summed E-state index contributed by atoms with van der Waals surface area (Å²) in [5.41, 5.74) is 0. The minimum Gasteiger partial charge on any atom is -0.309 e. The van der Waals surface area contributed by atoms with Gasteiger partial charge in [0.15, 0.2) is 0 Å². The molecule has 1 rings (SSSR count). The monoisotopic (exact) mass is 276 g/mol. The van der Waals surface area contributed by atoms with Crippen molar-refractivity contribution in [3.63, 3.8) is 0 Å². The summed E-state index contributed by atoms with van der Waals surface area (Å²) in [4.78, 5) is 1.29. The van der Waals surface area contributed by atoms with Gasteiger partial charge in [-0.25, -0.2) is 13.6 Å². The van der Waals surface area contributed by atoms with Crippen LogP contribution in [-0.4, -0.2) is 20.7 Å². The predicted octanol–water partition coefficient (Wildman–Crippen LogP) is 1.71. The highest BCUT2D eigenvalue weighted by molar-refractivity contribution is 7.89. The SMILES string of the molecule is CC(C)C(NCCCS(N)(=O)=O)c1cccs1. The van der Waals surface area contributed by atoms with E-state index in [0.29, 0.717) is 18.9 Å². The van der Waals surface area contributed by atoms with E-state index in [0.717, 1.165) is 0 Å². The van der Waals surface area contributed by atoms with Crippen molar-refractivity contribution in [1.29, 1.82) is 0 Å². The average molecular weight is 276 g/mol. The van der Waals surface area contributed by atoms with E-state index in [1.165, 1.54) is 4.88 Å². The van der Waals surface area contributed by atoms with Gasteiger partial charge < -0.3 is 5.32 Å². The summed E-state index contributed by atoms with van der Waals surface area (Å²) in [6, 6.07) is 4.42. The standard InChI is InChI=1S/C11H20N2O2S2/c1-9(2)11(10-5-3-7-16-10)13-6-4-8-17(12,14)15/h3,5,7,9,11,13H,4,6,8H2,1-2H3,(H2,12,14,15). The van der Waals surface area contributed by atoms with E-state index in [4.69, 9.17) is 5.14 Å². The molecule has 0 spiro atoms. The molecule has 0 aliphatic carbocycles. The first-order valence-corrected chi connectivity index (χ1v) is 8.27. The fraction of sp³-hybridized carbons (Fsp3) is 0.636. The van der Waals surface area contributed by atoms with Crippen molar-refractivity contribution >= 4 is 21.4 Å². The van der Waals surface area contributed by atoms with Crippen LogP contribution in [0.15, 0.2) is 17.5 Å². The third-order valence-corrected chi connectivity index (χ3v) is 4.30. The van der Waals surface area contributed by atoms with Gasteiger partial charge in [0.1, 0.15) is 0 Å². The molecule has 1 aromatic heterocycles. The van der Waals surface area contributed by atoms with Crippen LogP contribution >= 0.6 is 11.3 Å². The number of thiophene rings is 1. The summed E-state index contributed by atoms with van der Waals surface area (Å²) < 4.78 is 21.6. The lowest BCUT2D eigenvalue weighted by Crippen LogP contribution is -2.28. The molecule has 1 unspecified atom stereocenters. The number of hydrogen-bond acceptors (Lipinski definition) is 4. The molecule has 0 radical (unpaired) electrons. The molecule has 98 valence electrons. The maximum Gasteiger partial charge on any atom is 0.209 e. The fourth-order valence-electron chi connectivity index (χ4n) is 1.66. The lowest BCUT2D eigenvalue weighted by Gasteiger charge is -2.21. The minimum absolute atomic E-state index is 0.0370. The number of sulfonamides is 1. The average Bonchev–Trinajstić information content (AvgIpc) is 2.68. The van der Waals surface area contributed by atoms with Crippen LogP contribution in [0.3, 0.4) is 0 Å². The second-order valence-corrected chi connectivity index (χ2v) is 7.13. The molecule has 6 heteroatoms. The molecule has 4 nitrogen and oxygen atoms in total. The predicted molar refractivity (Wildman–Crippen MR) is 72.5 cm³/mol. The zero-order chi connectivity index (χ0) is 12.9. The molecule has 1 aromatic rings. The van der Waals surface area contributed by atoms with Gasteiger partial charge in [-0.15, -0.1) is 11.3 Å². The lowest BCUT2D eigenvalue weighted by atomic mass is 10.0. The molecule has 3 N–H and O–H groups in total. The molecule has 0 saturated carbocycles. The first kappa shape index (κ1) is 14.6. The van der Waals surface area contributed by atoms with Gasteiger partial charge in [-0.2, -0.15) is 0 Å². The van der Waals surface area contributed by atoms with E-state index >= 15 is 0 Å². The van der Waals surface area contributed by atoms with Gasteiger partial charge in [0.05, 0.1) is 5.75 Å². The highest BCUT2D eigenvalue weighted by atomic mass is 32.2. The van der Waals surface area contributed by atoms with Crippen LogP contribution in [0, 0.1) is 5.92 Å². The van der Waals surface area contributed by atoms with Gasteiger partial charge in [-0.05, 0) is 30.3 Å². The summed E-state index contributed by atoms with van der Waals surface area (Å²) in [5.74, 6) is 0.512. The molecule has 0 aromatic carbocycles. The van der Waals surface area contributed by atoms with Gasteiger partial charge in [0.25, 0.3) is 0 Å². The van der Waals surface area contributed by atoms with Crippen LogP contribution in [0.1, 0.15) is 31.2 Å². The molecular weight excluding hydrogens is 256 g/mol. The van der Waals surface area contributed by atoms with Gasteiger partial charge in [0, 0.05) is 10.9 Å². The Morgan fingerprint density at radius 3 is 2.65 bits per heavy atom. The van der Waals surface area contributed by atoms with Crippen LogP contribution in [0.2, 0.25) is 0 Å². The first-order valence-electron chi connectivity index (χ1n) is 5.67. The maximum absolute atomic E-state index is 10.8. The Morgan fingerprint density at radius 2 is 2.18 bits per heavy atom. The second kappa shape index (κ2) is 6.49. The number of hydrogen-bond donors (Lipinski definition) is 2. The topological polar surface area (TPSA) is 72.2 Å². The summed E-state index contributed by atoms with van der Waals surface area (Å²) in [6.45, 7) is 4.96. The Kier molecular flexibility index (Phi) is 5.58. The first-order chi connectivity index (χ1) is 7.90. The zero-order valence-electron chi connectivity index (χ0n) is 10.2. The van der Waals surface area contributed by atoms with Crippen molar-refractivity contribution in [3.8, 4) is 0 Å². The Bertz CT molecular complexity index is 413. The summed E-state index contributed by atoms with van der Waals surface area (Å²) in [7, 11) is -3.33. The number of nitrogens with one attached hydrogen (secondary N) is 1. The van der Waals surface area contributed by atoms with Crippen molar-refractivity contribution in [3.05, 3.63) is 22.4 Å². The highest BCUT2D eigenvalue weighted by Crippen LogP contribution is 2.25. The maximum atomic E-state index is 10.8. The van der Waals surface area contributed by atoms with Crippen molar-refractivity contribution in [2.45, 2.75) is 26.3 Å². The Labute approximate surface area is 107 Å². The van der Waals surface area contributed by atoms with Crippen LogP contribution in [0.5, 0.6) is 0 Å². The van der Waals surface area contributed by atoms with Gasteiger partial charge in [-0.3, -0.25) is 0 Å². The Balaban J connectivity index is 2.42. The van der Waals surface area contributed by atoms with Gasteiger partial charge in [0.2, 0.25) is 10.0 Å². The molecule has 0 aliphatic rings. The zero-order valence-corrected chi connectivity index (χ0v) is 11.9. The third-order valence-electron chi connectivity index (χ3n) is 2.49. The van der Waals surface area contributed by atoms with Crippen molar-refractivity contribution in [2.75, 3.05) is 12.3 Å². The van der Waals surface area contributed by atoms with Crippen molar-refractivity contribution < 1.29 is 8.42 Å². The second-order valence-electron chi connectivity index (χ2n) is 4.41. The highest BCUT2D eigenvalue weighted by Gasteiger charge is 2.15. The van der Waals surface area contributed by atoms with E-state index in [-0.39, 0.29) is 11.8 Å². The molecule has 1 heterocycles. The van der Waals surface area contributed by atoms with Crippen molar-refractivity contribution in [2.24, 2.45) is 11.1 Å². The number of primary sulfonamides is 1. The third kappa shape index (κ3) is 5.63. The Morgan fingerprint density at radius 1 is 1.47 bits per heavy atom. The lowest BCUT2D eigenvalue weighted by molar-refractivity contribution is 0.418. The van der Waals surface area contributed by atoms with E-state index < -0.39 is 10.0 Å². The molecule has 0 saturated heterocycles. The molecule has 0 fully saturated rings. The molecule has 1 atom stereocenters.